The van der Waals surface area contributed by atoms with Gasteiger partial charge in [0.1, 0.15) is 5.82 Å². The summed E-state index contributed by atoms with van der Waals surface area (Å²) in [5.41, 5.74) is 1.49. The monoisotopic (exact) mass is 237 g/mol. The number of hydrogen-bond acceptors (Lipinski definition) is 2. The second kappa shape index (κ2) is 4.60. The van der Waals surface area contributed by atoms with Crippen molar-refractivity contribution in [2.75, 3.05) is 0 Å². The van der Waals surface area contributed by atoms with Gasteiger partial charge in [0.2, 0.25) is 0 Å². The number of nitrogens with zero attached hydrogens (tertiary/aromatic N) is 1. The predicted octanol–water partition coefficient (Wildman–Crippen LogP) is 3.03. The van der Waals surface area contributed by atoms with Gasteiger partial charge in [-0.15, -0.1) is 0 Å². The number of aliphatic hydroxyl groups excluding tert-OH is 1. The highest BCUT2D eigenvalue weighted by Gasteiger charge is 2.08. The van der Waals surface area contributed by atoms with Crippen LogP contribution in [0.15, 0.2) is 36.5 Å². The number of halogens is 2. The molecule has 2 nitrogen and oxygen atoms in total. The van der Waals surface area contributed by atoms with Crippen LogP contribution >= 0.6 is 11.6 Å². The molecule has 0 aliphatic heterocycles. The summed E-state index contributed by atoms with van der Waals surface area (Å²) in [5, 5.41) is 9.51. The highest BCUT2D eigenvalue weighted by Crippen LogP contribution is 2.26. The third kappa shape index (κ3) is 2.05. The molecule has 1 N–H and O–H groups in total. The molecule has 0 unspecified atom stereocenters. The lowest BCUT2D eigenvalue weighted by Gasteiger charge is -2.05. The maximum Gasteiger partial charge on any atom is 0.147 e. The predicted molar refractivity (Wildman–Crippen MR) is 60.6 cm³/mol. The number of pyridine rings is 1. The van der Waals surface area contributed by atoms with Crippen molar-refractivity contribution in [2.45, 2.75) is 6.61 Å². The normalized spacial score (nSPS) is 10.4. The Bertz CT molecular complexity index is 516. The summed E-state index contributed by atoms with van der Waals surface area (Å²) in [5.74, 6) is -0.515. The van der Waals surface area contributed by atoms with Gasteiger partial charge >= 0.3 is 0 Å². The van der Waals surface area contributed by atoms with Crippen LogP contribution in [0.5, 0.6) is 0 Å². The van der Waals surface area contributed by atoms with Gasteiger partial charge in [0.25, 0.3) is 0 Å². The van der Waals surface area contributed by atoms with E-state index in [2.05, 4.69) is 4.98 Å². The molecule has 0 amide bonds. The zero-order chi connectivity index (χ0) is 11.5. The first kappa shape index (κ1) is 11.0. The van der Waals surface area contributed by atoms with Crippen molar-refractivity contribution in [3.63, 3.8) is 0 Å². The quantitative estimate of drug-likeness (QED) is 0.871. The lowest BCUT2D eigenvalue weighted by molar-refractivity contribution is 0.275. The zero-order valence-corrected chi connectivity index (χ0v) is 9.08. The van der Waals surface area contributed by atoms with E-state index in [0.717, 1.165) is 11.8 Å². The van der Waals surface area contributed by atoms with E-state index in [1.807, 2.05) is 12.1 Å². The van der Waals surface area contributed by atoms with Crippen molar-refractivity contribution in [3.8, 4) is 11.3 Å². The first-order chi connectivity index (χ1) is 7.72. The fourth-order valence-corrected chi connectivity index (χ4v) is 1.65. The Hall–Kier alpha value is -1.45. The molecule has 1 aromatic carbocycles. The third-order valence-corrected chi connectivity index (χ3v) is 2.58. The van der Waals surface area contributed by atoms with Crippen LogP contribution in [-0.4, -0.2) is 10.1 Å². The lowest BCUT2D eigenvalue weighted by Crippen LogP contribution is -1.94. The molecule has 1 heterocycles. The van der Waals surface area contributed by atoms with Crippen LogP contribution in [0, 0.1) is 5.82 Å². The van der Waals surface area contributed by atoms with E-state index < -0.39 is 5.82 Å². The molecule has 1 aromatic heterocycles. The van der Waals surface area contributed by atoms with Crippen LogP contribution in [-0.2, 0) is 6.61 Å². The molecule has 0 fully saturated rings. The number of aromatic nitrogens is 1. The Labute approximate surface area is 97.3 Å². The van der Waals surface area contributed by atoms with Crippen molar-refractivity contribution in [2.24, 2.45) is 0 Å². The van der Waals surface area contributed by atoms with Crippen molar-refractivity contribution in [1.82, 2.24) is 4.98 Å². The molecule has 0 atom stereocenters. The molecule has 16 heavy (non-hydrogen) atoms. The number of rotatable bonds is 2. The Balaban J connectivity index is 2.53. The standard InChI is InChI=1S/C12H9ClFNO/c13-10-4-2-1-3-9(10)12-5-8(7-16)11(14)6-15-12/h1-6,16H,7H2. The van der Waals surface area contributed by atoms with Gasteiger partial charge in [0, 0.05) is 16.1 Å². The van der Waals surface area contributed by atoms with Crippen LogP contribution in [0.1, 0.15) is 5.56 Å². The van der Waals surface area contributed by atoms with Gasteiger partial charge in [-0.2, -0.15) is 0 Å². The molecule has 0 aliphatic rings. The summed E-state index contributed by atoms with van der Waals surface area (Å²) in [6.45, 7) is -0.355. The highest BCUT2D eigenvalue weighted by atomic mass is 35.5. The number of hydrogen-bond donors (Lipinski definition) is 1. The van der Waals surface area contributed by atoms with Gasteiger partial charge in [0.15, 0.2) is 0 Å². The summed E-state index contributed by atoms with van der Waals surface area (Å²) in [7, 11) is 0. The highest BCUT2D eigenvalue weighted by molar-refractivity contribution is 6.33. The summed E-state index contributed by atoms with van der Waals surface area (Å²) >= 11 is 6.00. The minimum absolute atomic E-state index is 0.213. The van der Waals surface area contributed by atoms with E-state index >= 15 is 0 Å². The van der Waals surface area contributed by atoms with Gasteiger partial charge < -0.3 is 5.11 Å². The Morgan fingerprint density at radius 1 is 1.31 bits per heavy atom. The summed E-state index contributed by atoms with van der Waals surface area (Å²) in [6, 6.07) is 8.66. The topological polar surface area (TPSA) is 33.1 Å². The van der Waals surface area contributed by atoms with Crippen molar-refractivity contribution in [3.05, 3.63) is 52.9 Å². The van der Waals surface area contributed by atoms with E-state index in [9.17, 15) is 4.39 Å². The molecule has 2 aromatic rings. The summed E-state index contributed by atoms with van der Waals surface area (Å²) in [4.78, 5) is 3.95. The van der Waals surface area contributed by atoms with Gasteiger partial charge in [-0.05, 0) is 12.1 Å². The van der Waals surface area contributed by atoms with Crippen LogP contribution in [0.25, 0.3) is 11.3 Å². The van der Waals surface area contributed by atoms with Crippen molar-refractivity contribution >= 4 is 11.6 Å². The van der Waals surface area contributed by atoms with Gasteiger partial charge in [0.05, 0.1) is 18.5 Å². The van der Waals surface area contributed by atoms with Crippen molar-refractivity contribution in [1.29, 1.82) is 0 Å². The molecular formula is C12H9ClFNO. The fourth-order valence-electron chi connectivity index (χ4n) is 1.42. The second-order valence-corrected chi connectivity index (χ2v) is 3.71. The van der Waals surface area contributed by atoms with Crippen LogP contribution in [0.4, 0.5) is 4.39 Å². The second-order valence-electron chi connectivity index (χ2n) is 3.30. The fraction of sp³-hybridized carbons (Fsp3) is 0.0833. The molecule has 0 aliphatic carbocycles. The first-order valence-corrected chi connectivity index (χ1v) is 5.10. The maximum atomic E-state index is 13.1. The molecule has 0 radical (unpaired) electrons. The minimum Gasteiger partial charge on any atom is -0.392 e. The lowest BCUT2D eigenvalue weighted by atomic mass is 10.1. The van der Waals surface area contributed by atoms with Crippen LogP contribution in [0.2, 0.25) is 5.02 Å². The van der Waals surface area contributed by atoms with E-state index in [1.54, 1.807) is 12.1 Å². The van der Waals surface area contributed by atoms with Crippen LogP contribution < -0.4 is 0 Å². The van der Waals surface area contributed by atoms with E-state index in [-0.39, 0.29) is 12.2 Å². The van der Waals surface area contributed by atoms with Gasteiger partial charge in [-0.3, -0.25) is 4.98 Å². The van der Waals surface area contributed by atoms with Gasteiger partial charge in [-0.1, -0.05) is 29.8 Å². The minimum atomic E-state index is -0.515. The van der Waals surface area contributed by atoms with Crippen LogP contribution in [0.3, 0.4) is 0 Å². The largest absolute Gasteiger partial charge is 0.392 e. The molecule has 2 rings (SSSR count). The molecule has 0 saturated heterocycles. The van der Waals surface area contributed by atoms with E-state index in [4.69, 9.17) is 16.7 Å². The van der Waals surface area contributed by atoms with Crippen molar-refractivity contribution < 1.29 is 9.50 Å². The SMILES string of the molecule is OCc1cc(-c2ccccc2Cl)ncc1F. The maximum absolute atomic E-state index is 13.1. The number of benzene rings is 1. The molecule has 82 valence electrons. The molecule has 0 bridgehead atoms. The summed E-state index contributed by atoms with van der Waals surface area (Å²) < 4.78 is 13.1. The van der Waals surface area contributed by atoms with E-state index in [1.165, 1.54) is 6.07 Å². The molecule has 0 spiro atoms. The Morgan fingerprint density at radius 2 is 2.06 bits per heavy atom. The average molecular weight is 238 g/mol. The third-order valence-electron chi connectivity index (χ3n) is 2.25. The van der Waals surface area contributed by atoms with E-state index in [0.29, 0.717) is 10.7 Å². The smallest absolute Gasteiger partial charge is 0.147 e. The molecule has 4 heteroatoms. The molecular weight excluding hydrogens is 229 g/mol. The number of aliphatic hydroxyl groups is 1. The first-order valence-electron chi connectivity index (χ1n) is 4.72. The summed E-state index contributed by atoms with van der Waals surface area (Å²) in [6.07, 6.45) is 1.09. The Morgan fingerprint density at radius 3 is 2.75 bits per heavy atom. The average Bonchev–Trinajstić information content (AvgIpc) is 2.31. The molecule has 0 saturated carbocycles. The Kier molecular flexibility index (Phi) is 3.17. The zero-order valence-electron chi connectivity index (χ0n) is 8.32. The van der Waals surface area contributed by atoms with Gasteiger partial charge in [-0.25, -0.2) is 4.39 Å².